The molecule has 0 aliphatic heterocycles. The number of nitrogens with one attached hydrogen (secondary N) is 1. The molecule has 3 N–H and O–H groups in total. The summed E-state index contributed by atoms with van der Waals surface area (Å²) in [6, 6.07) is 6.46. The second kappa shape index (κ2) is 5.40. The van der Waals surface area contributed by atoms with E-state index in [1.807, 2.05) is 0 Å². The van der Waals surface area contributed by atoms with Crippen LogP contribution < -0.4 is 5.73 Å². The number of benzene rings is 1. The molecule has 0 bridgehead atoms. The molecule has 21 heavy (non-hydrogen) atoms. The largest absolute Gasteiger partial charge is 0.456 e. The van der Waals surface area contributed by atoms with Crippen LogP contribution >= 0.6 is 0 Å². The van der Waals surface area contributed by atoms with Crippen molar-refractivity contribution in [2.75, 3.05) is 0 Å². The molecule has 6 nitrogen and oxygen atoms in total. The van der Waals surface area contributed by atoms with Crippen molar-refractivity contribution >= 4 is 11.8 Å². The van der Waals surface area contributed by atoms with Gasteiger partial charge in [-0.25, -0.2) is 4.79 Å². The van der Waals surface area contributed by atoms with Crippen LogP contribution in [0.3, 0.4) is 0 Å². The van der Waals surface area contributed by atoms with Crippen LogP contribution in [0, 0.1) is 5.41 Å². The van der Waals surface area contributed by atoms with E-state index in [9.17, 15) is 4.79 Å². The fourth-order valence-corrected chi connectivity index (χ4v) is 1.80. The van der Waals surface area contributed by atoms with Crippen molar-refractivity contribution in [2.45, 2.75) is 26.4 Å². The molecule has 6 heteroatoms. The smallest absolute Gasteiger partial charge is 0.338 e. The predicted octanol–water partition coefficient (Wildman–Crippen LogP) is 2.58. The van der Waals surface area contributed by atoms with Gasteiger partial charge in [-0.15, -0.1) is 0 Å². The number of carbonyl (C=O) groups excluding carboxylic acids is 1. The highest BCUT2D eigenvalue weighted by atomic mass is 16.6. The summed E-state index contributed by atoms with van der Waals surface area (Å²) in [5.41, 5.74) is 6.33. The number of rotatable bonds is 3. The second-order valence-electron chi connectivity index (χ2n) is 5.55. The summed E-state index contributed by atoms with van der Waals surface area (Å²) in [7, 11) is 0. The normalized spacial score (nSPS) is 11.2. The Balaban J connectivity index is 2.42. The number of nitrogens with zero attached hydrogens (tertiary/aromatic N) is 1. The zero-order chi connectivity index (χ0) is 15.6. The van der Waals surface area contributed by atoms with Gasteiger partial charge in [0, 0.05) is 17.2 Å². The first-order chi connectivity index (χ1) is 9.78. The highest BCUT2D eigenvalue weighted by Gasteiger charge is 2.20. The third-order valence-corrected chi connectivity index (χ3v) is 2.65. The number of esters is 1. The van der Waals surface area contributed by atoms with Crippen LogP contribution in [0.15, 0.2) is 35.0 Å². The number of nitrogen functional groups attached to an aromatic ring is 1. The molecule has 0 aliphatic rings. The number of hydrogen-bond donors (Lipinski definition) is 2. The molecule has 0 fully saturated rings. The van der Waals surface area contributed by atoms with Gasteiger partial charge in [-0.05, 0) is 39.0 Å². The Morgan fingerprint density at radius 2 is 2.05 bits per heavy atom. The minimum absolute atomic E-state index is 0.160. The summed E-state index contributed by atoms with van der Waals surface area (Å²) < 4.78 is 10.4. The van der Waals surface area contributed by atoms with E-state index in [0.29, 0.717) is 22.5 Å². The Hall–Kier alpha value is -2.63. The summed E-state index contributed by atoms with van der Waals surface area (Å²) in [6.45, 7) is 5.37. The molecular formula is C15H17N3O3. The summed E-state index contributed by atoms with van der Waals surface area (Å²) in [6.07, 6.45) is 1.50. The summed E-state index contributed by atoms with van der Waals surface area (Å²) >= 11 is 0. The maximum Gasteiger partial charge on any atom is 0.338 e. The molecule has 0 unspecified atom stereocenters. The fourth-order valence-electron chi connectivity index (χ4n) is 1.80. The van der Waals surface area contributed by atoms with Gasteiger partial charge >= 0.3 is 5.97 Å². The number of nitrogens with two attached hydrogens (primary N) is 1. The molecule has 2 rings (SSSR count). The van der Waals surface area contributed by atoms with Gasteiger partial charge in [-0.3, -0.25) is 5.41 Å². The molecule has 0 aliphatic carbocycles. The van der Waals surface area contributed by atoms with Gasteiger partial charge < -0.3 is 15.0 Å². The van der Waals surface area contributed by atoms with Crippen molar-refractivity contribution < 1.29 is 14.1 Å². The van der Waals surface area contributed by atoms with E-state index in [-0.39, 0.29) is 5.84 Å². The standard InChI is InChI=1S/C15H17N3O3/c1-15(2,3)20-14(19)9-4-5-10(11(8-9)13(16)17)12-6-7-18-21-12/h4-8H,1-3H3,(H3,16,17). The number of carbonyl (C=O) groups is 1. The van der Waals surface area contributed by atoms with Gasteiger partial charge in [0.15, 0.2) is 5.76 Å². The zero-order valence-corrected chi connectivity index (χ0v) is 12.1. The molecule has 0 radical (unpaired) electrons. The van der Waals surface area contributed by atoms with Crippen LogP contribution in [0.5, 0.6) is 0 Å². The van der Waals surface area contributed by atoms with Crippen LogP contribution in [-0.2, 0) is 4.74 Å². The van der Waals surface area contributed by atoms with Crippen molar-refractivity contribution in [2.24, 2.45) is 5.73 Å². The molecular weight excluding hydrogens is 270 g/mol. The highest BCUT2D eigenvalue weighted by molar-refractivity contribution is 6.03. The van der Waals surface area contributed by atoms with Crippen LogP contribution in [0.2, 0.25) is 0 Å². The van der Waals surface area contributed by atoms with Gasteiger partial charge in [0.2, 0.25) is 0 Å². The number of hydrogen-bond acceptors (Lipinski definition) is 5. The Kier molecular flexibility index (Phi) is 3.80. The minimum Gasteiger partial charge on any atom is -0.456 e. The molecule has 0 saturated heterocycles. The van der Waals surface area contributed by atoms with E-state index in [0.717, 1.165) is 0 Å². The molecule has 0 spiro atoms. The summed E-state index contributed by atoms with van der Waals surface area (Å²) in [5, 5.41) is 11.3. The van der Waals surface area contributed by atoms with Gasteiger partial charge in [0.05, 0.1) is 11.8 Å². The number of amidine groups is 1. The zero-order valence-electron chi connectivity index (χ0n) is 12.1. The molecule has 0 saturated carbocycles. The molecule has 110 valence electrons. The Morgan fingerprint density at radius 1 is 1.33 bits per heavy atom. The van der Waals surface area contributed by atoms with Gasteiger partial charge in [0.1, 0.15) is 11.4 Å². The Labute approximate surface area is 122 Å². The highest BCUT2D eigenvalue weighted by Crippen LogP contribution is 2.25. The predicted molar refractivity (Wildman–Crippen MR) is 78.1 cm³/mol. The molecule has 0 atom stereocenters. The van der Waals surface area contributed by atoms with Crippen molar-refractivity contribution in [1.29, 1.82) is 5.41 Å². The van der Waals surface area contributed by atoms with Crippen molar-refractivity contribution in [3.05, 3.63) is 41.6 Å². The third-order valence-electron chi connectivity index (χ3n) is 2.65. The van der Waals surface area contributed by atoms with Gasteiger partial charge in [-0.1, -0.05) is 5.16 Å². The third kappa shape index (κ3) is 3.47. The minimum atomic E-state index is -0.586. The van der Waals surface area contributed by atoms with E-state index in [1.165, 1.54) is 12.3 Å². The first-order valence-electron chi connectivity index (χ1n) is 6.41. The monoisotopic (exact) mass is 287 g/mol. The van der Waals surface area contributed by atoms with Gasteiger partial charge in [-0.2, -0.15) is 0 Å². The number of ether oxygens (including phenoxy) is 1. The van der Waals surface area contributed by atoms with Crippen molar-refractivity contribution in [3.63, 3.8) is 0 Å². The second-order valence-corrected chi connectivity index (χ2v) is 5.55. The van der Waals surface area contributed by atoms with Crippen LogP contribution in [0.25, 0.3) is 11.3 Å². The lowest BCUT2D eigenvalue weighted by atomic mass is 10.0. The summed E-state index contributed by atoms with van der Waals surface area (Å²) in [5.74, 6) is -0.142. The molecule has 1 heterocycles. The maximum absolute atomic E-state index is 12.1. The Bertz CT molecular complexity index is 670. The molecule has 1 aromatic carbocycles. The molecule has 0 amide bonds. The van der Waals surface area contributed by atoms with Crippen LogP contribution in [0.4, 0.5) is 0 Å². The molecule has 2 aromatic rings. The van der Waals surface area contributed by atoms with E-state index in [4.69, 9.17) is 20.4 Å². The van der Waals surface area contributed by atoms with Crippen molar-refractivity contribution in [1.82, 2.24) is 5.16 Å². The van der Waals surface area contributed by atoms with E-state index < -0.39 is 11.6 Å². The van der Waals surface area contributed by atoms with E-state index in [1.54, 1.807) is 39.0 Å². The molecule has 1 aromatic heterocycles. The van der Waals surface area contributed by atoms with E-state index in [2.05, 4.69) is 5.16 Å². The fraction of sp³-hybridized carbons (Fsp3) is 0.267. The average molecular weight is 287 g/mol. The first kappa shape index (κ1) is 14.8. The van der Waals surface area contributed by atoms with Gasteiger partial charge in [0.25, 0.3) is 0 Å². The lowest BCUT2D eigenvalue weighted by Crippen LogP contribution is -2.24. The number of aromatic nitrogens is 1. The maximum atomic E-state index is 12.1. The van der Waals surface area contributed by atoms with E-state index >= 15 is 0 Å². The van der Waals surface area contributed by atoms with Crippen molar-refractivity contribution in [3.8, 4) is 11.3 Å². The SMILES string of the molecule is CC(C)(C)OC(=O)c1ccc(-c2ccno2)c(C(=N)N)c1. The lowest BCUT2D eigenvalue weighted by molar-refractivity contribution is 0.00695. The Morgan fingerprint density at radius 3 is 2.57 bits per heavy atom. The van der Waals surface area contributed by atoms with Crippen LogP contribution in [0.1, 0.15) is 36.7 Å². The first-order valence-corrected chi connectivity index (χ1v) is 6.41. The quantitative estimate of drug-likeness (QED) is 0.513. The lowest BCUT2D eigenvalue weighted by Gasteiger charge is -2.19. The topological polar surface area (TPSA) is 102 Å². The average Bonchev–Trinajstić information content (AvgIpc) is 2.89. The summed E-state index contributed by atoms with van der Waals surface area (Å²) in [4.78, 5) is 12.1. The van der Waals surface area contributed by atoms with Crippen LogP contribution in [-0.4, -0.2) is 22.6 Å².